The smallest absolute Gasteiger partial charge is 0.256 e. The van der Waals surface area contributed by atoms with E-state index < -0.39 is 0 Å². The van der Waals surface area contributed by atoms with Gasteiger partial charge in [0.15, 0.2) is 0 Å². The second-order valence-electron chi connectivity index (χ2n) is 4.56. The van der Waals surface area contributed by atoms with Gasteiger partial charge in [0, 0.05) is 19.8 Å². The van der Waals surface area contributed by atoms with Crippen LogP contribution in [0.3, 0.4) is 0 Å². The summed E-state index contributed by atoms with van der Waals surface area (Å²) in [7, 11) is 1.78. The van der Waals surface area contributed by atoms with Gasteiger partial charge in [0.1, 0.15) is 4.64 Å². The summed E-state index contributed by atoms with van der Waals surface area (Å²) in [6, 6.07) is 11.7. The number of nitrogens with zero attached hydrogens (tertiary/aromatic N) is 1. The van der Waals surface area contributed by atoms with Crippen LogP contribution in [0.5, 0.6) is 0 Å². The zero-order valence-corrected chi connectivity index (χ0v) is 11.8. The van der Waals surface area contributed by atoms with Gasteiger partial charge in [0.25, 0.3) is 5.91 Å². The van der Waals surface area contributed by atoms with Crippen LogP contribution in [0.15, 0.2) is 42.6 Å². The number of pyridine rings is 1. The molecule has 98 valence electrons. The highest BCUT2D eigenvalue weighted by molar-refractivity contribution is 7.71. The van der Waals surface area contributed by atoms with Gasteiger partial charge in [-0.1, -0.05) is 42.0 Å². The van der Waals surface area contributed by atoms with Gasteiger partial charge in [-0.25, -0.2) is 0 Å². The molecule has 3 nitrogen and oxygen atoms in total. The molecule has 2 rings (SSSR count). The summed E-state index contributed by atoms with van der Waals surface area (Å²) < 4.78 is 0.475. The number of carbonyl (C=O) groups is 1. The number of aromatic amines is 1. The minimum absolute atomic E-state index is 0.0672. The molecule has 2 aromatic rings. The van der Waals surface area contributed by atoms with Gasteiger partial charge in [-0.05, 0) is 24.6 Å². The lowest BCUT2D eigenvalue weighted by Gasteiger charge is -2.17. The number of aryl methyl sites for hydroxylation is 1. The van der Waals surface area contributed by atoms with Crippen molar-refractivity contribution in [1.82, 2.24) is 9.88 Å². The van der Waals surface area contributed by atoms with Crippen molar-refractivity contribution < 1.29 is 4.79 Å². The maximum atomic E-state index is 12.3. The summed E-state index contributed by atoms with van der Waals surface area (Å²) in [6.45, 7) is 2.62. The third-order valence-corrected chi connectivity index (χ3v) is 3.27. The SMILES string of the molecule is Cc1ccc(CN(C)C(=O)c2ccc[nH]c2=S)cc1. The van der Waals surface area contributed by atoms with Gasteiger partial charge in [-0.3, -0.25) is 4.79 Å². The van der Waals surface area contributed by atoms with Crippen molar-refractivity contribution in [3.8, 4) is 0 Å². The average Bonchev–Trinajstić information content (AvgIpc) is 2.41. The molecule has 0 saturated carbocycles. The molecule has 0 aliphatic carbocycles. The Hall–Kier alpha value is -1.94. The number of amides is 1. The molecule has 0 radical (unpaired) electrons. The molecule has 0 bridgehead atoms. The third-order valence-electron chi connectivity index (χ3n) is 2.94. The van der Waals surface area contributed by atoms with E-state index in [-0.39, 0.29) is 5.91 Å². The van der Waals surface area contributed by atoms with Crippen LogP contribution in [0.4, 0.5) is 0 Å². The van der Waals surface area contributed by atoms with Gasteiger partial charge in [-0.2, -0.15) is 0 Å². The fraction of sp³-hybridized carbons (Fsp3) is 0.200. The average molecular weight is 272 g/mol. The molecule has 1 heterocycles. The Morgan fingerprint density at radius 3 is 2.58 bits per heavy atom. The number of rotatable bonds is 3. The van der Waals surface area contributed by atoms with Crippen LogP contribution in [0.25, 0.3) is 0 Å². The highest BCUT2D eigenvalue weighted by atomic mass is 32.1. The Balaban J connectivity index is 2.14. The molecule has 0 fully saturated rings. The van der Waals surface area contributed by atoms with Crippen molar-refractivity contribution in [3.05, 3.63) is 63.9 Å². The van der Waals surface area contributed by atoms with Crippen LogP contribution < -0.4 is 0 Å². The van der Waals surface area contributed by atoms with E-state index in [0.29, 0.717) is 16.7 Å². The maximum absolute atomic E-state index is 12.3. The van der Waals surface area contributed by atoms with Gasteiger partial charge in [0.2, 0.25) is 0 Å². The number of aromatic nitrogens is 1. The van der Waals surface area contributed by atoms with E-state index in [2.05, 4.69) is 4.98 Å². The Morgan fingerprint density at radius 1 is 1.26 bits per heavy atom. The summed E-state index contributed by atoms with van der Waals surface area (Å²) >= 11 is 5.13. The first-order valence-corrected chi connectivity index (χ1v) is 6.47. The topological polar surface area (TPSA) is 36.1 Å². The number of hydrogen-bond acceptors (Lipinski definition) is 2. The molecule has 19 heavy (non-hydrogen) atoms. The van der Waals surface area contributed by atoms with E-state index in [1.54, 1.807) is 30.3 Å². The fourth-order valence-corrected chi connectivity index (χ4v) is 2.06. The molecule has 4 heteroatoms. The molecule has 1 N–H and O–H groups in total. The molecule has 1 aromatic carbocycles. The predicted octanol–water partition coefficient (Wildman–Crippen LogP) is 3.32. The van der Waals surface area contributed by atoms with E-state index in [4.69, 9.17) is 12.2 Å². The first-order valence-electron chi connectivity index (χ1n) is 6.06. The second-order valence-corrected chi connectivity index (χ2v) is 4.97. The minimum Gasteiger partial charge on any atom is -0.352 e. The lowest BCUT2D eigenvalue weighted by molar-refractivity contribution is 0.0784. The van der Waals surface area contributed by atoms with Crippen LogP contribution in [-0.4, -0.2) is 22.8 Å². The highest BCUT2D eigenvalue weighted by Gasteiger charge is 2.13. The van der Waals surface area contributed by atoms with E-state index in [1.165, 1.54) is 5.56 Å². The van der Waals surface area contributed by atoms with Crippen LogP contribution in [0, 0.1) is 11.6 Å². The second kappa shape index (κ2) is 5.80. The highest BCUT2D eigenvalue weighted by Crippen LogP contribution is 2.09. The number of nitrogens with one attached hydrogen (secondary N) is 1. The van der Waals surface area contributed by atoms with Gasteiger partial charge in [-0.15, -0.1) is 0 Å². The molecule has 0 spiro atoms. The van der Waals surface area contributed by atoms with Crippen molar-refractivity contribution in [2.24, 2.45) is 0 Å². The number of benzene rings is 1. The Labute approximate surface area is 117 Å². The monoisotopic (exact) mass is 272 g/mol. The number of hydrogen-bond donors (Lipinski definition) is 1. The van der Waals surface area contributed by atoms with Crippen molar-refractivity contribution in [3.63, 3.8) is 0 Å². The minimum atomic E-state index is -0.0672. The summed E-state index contributed by atoms with van der Waals surface area (Å²) in [5.74, 6) is -0.0672. The fourth-order valence-electron chi connectivity index (χ4n) is 1.83. The van der Waals surface area contributed by atoms with Crippen LogP contribution in [-0.2, 0) is 6.54 Å². The molecule has 1 amide bonds. The van der Waals surface area contributed by atoms with Crippen molar-refractivity contribution in [2.45, 2.75) is 13.5 Å². The molecule has 0 atom stereocenters. The van der Waals surface area contributed by atoms with E-state index in [9.17, 15) is 4.79 Å². The lowest BCUT2D eigenvalue weighted by atomic mass is 10.1. The normalized spacial score (nSPS) is 10.2. The van der Waals surface area contributed by atoms with Gasteiger partial charge in [0.05, 0.1) is 5.56 Å². The van der Waals surface area contributed by atoms with Crippen molar-refractivity contribution >= 4 is 18.1 Å². The summed E-state index contributed by atoms with van der Waals surface area (Å²) in [5.41, 5.74) is 2.85. The summed E-state index contributed by atoms with van der Waals surface area (Å²) in [5, 5.41) is 0. The quantitative estimate of drug-likeness (QED) is 0.870. The van der Waals surface area contributed by atoms with E-state index in [0.717, 1.165) is 5.56 Å². The molecule has 0 aliphatic heterocycles. The lowest BCUT2D eigenvalue weighted by Crippen LogP contribution is -2.26. The molecule has 1 aromatic heterocycles. The standard InChI is InChI=1S/C15H16N2OS/c1-11-5-7-12(8-6-11)10-17(2)15(18)13-4-3-9-16-14(13)19/h3-9H,10H2,1-2H3,(H,16,19). The molecule has 0 aliphatic rings. The van der Waals surface area contributed by atoms with Crippen LogP contribution in [0.1, 0.15) is 21.5 Å². The summed E-state index contributed by atoms with van der Waals surface area (Å²) in [6.07, 6.45) is 1.72. The van der Waals surface area contributed by atoms with E-state index in [1.807, 2.05) is 31.2 Å². The Kier molecular flexibility index (Phi) is 4.12. The van der Waals surface area contributed by atoms with Crippen molar-refractivity contribution in [2.75, 3.05) is 7.05 Å². The van der Waals surface area contributed by atoms with E-state index >= 15 is 0 Å². The van der Waals surface area contributed by atoms with Crippen molar-refractivity contribution in [1.29, 1.82) is 0 Å². The first-order chi connectivity index (χ1) is 9.08. The molecular formula is C15H16N2OS. The van der Waals surface area contributed by atoms with Crippen LogP contribution in [0.2, 0.25) is 0 Å². The third kappa shape index (κ3) is 3.29. The first kappa shape index (κ1) is 13.5. The number of H-pyrrole nitrogens is 1. The Morgan fingerprint density at radius 2 is 1.95 bits per heavy atom. The zero-order chi connectivity index (χ0) is 13.8. The Bertz CT molecular complexity index is 631. The summed E-state index contributed by atoms with van der Waals surface area (Å²) in [4.78, 5) is 16.8. The largest absolute Gasteiger partial charge is 0.352 e. The number of carbonyl (C=O) groups excluding carboxylic acids is 1. The predicted molar refractivity (Wildman–Crippen MR) is 78.6 cm³/mol. The zero-order valence-electron chi connectivity index (χ0n) is 11.0. The van der Waals surface area contributed by atoms with Crippen LogP contribution >= 0.6 is 12.2 Å². The van der Waals surface area contributed by atoms with Gasteiger partial charge >= 0.3 is 0 Å². The molecular weight excluding hydrogens is 256 g/mol. The molecule has 0 saturated heterocycles. The maximum Gasteiger partial charge on any atom is 0.256 e. The molecule has 0 unspecified atom stereocenters. The van der Waals surface area contributed by atoms with Gasteiger partial charge < -0.3 is 9.88 Å².